The van der Waals surface area contributed by atoms with Crippen LogP contribution in [-0.4, -0.2) is 49.4 Å². The fourth-order valence-electron chi connectivity index (χ4n) is 2.71. The van der Waals surface area contributed by atoms with E-state index in [-0.39, 0.29) is 0 Å². The van der Waals surface area contributed by atoms with E-state index in [1.807, 2.05) is 0 Å². The van der Waals surface area contributed by atoms with Crippen LogP contribution in [0.2, 0.25) is 0 Å². The molecule has 1 N–H and O–H groups in total. The number of hydrogen-bond acceptors (Lipinski definition) is 2. The van der Waals surface area contributed by atoms with E-state index in [4.69, 9.17) is 5.41 Å². The minimum atomic E-state index is 0.527. The molecule has 1 fully saturated rings. The highest BCUT2D eigenvalue weighted by Gasteiger charge is 2.23. The summed E-state index contributed by atoms with van der Waals surface area (Å²) in [5, 5.41) is 8.49. The average Bonchev–Trinajstić information content (AvgIpc) is 2.34. The minimum absolute atomic E-state index is 0.527. The zero-order valence-electron chi connectivity index (χ0n) is 12.7. The van der Waals surface area contributed by atoms with Gasteiger partial charge in [-0.3, -0.25) is 5.41 Å². The molecule has 0 atom stereocenters. The zero-order valence-corrected chi connectivity index (χ0v) is 12.7. The third-order valence-corrected chi connectivity index (χ3v) is 3.74. The van der Waals surface area contributed by atoms with Crippen LogP contribution in [0.4, 0.5) is 0 Å². The van der Waals surface area contributed by atoms with Gasteiger partial charge in [-0.15, -0.1) is 0 Å². The van der Waals surface area contributed by atoms with Crippen molar-refractivity contribution in [3.63, 3.8) is 0 Å². The lowest BCUT2D eigenvalue weighted by atomic mass is 9.87. The summed E-state index contributed by atoms with van der Waals surface area (Å²) in [6.07, 6.45) is 6.46. The average molecular weight is 253 g/mol. The van der Waals surface area contributed by atoms with Gasteiger partial charge in [0.2, 0.25) is 0 Å². The molecule has 1 aliphatic carbocycles. The quantitative estimate of drug-likeness (QED) is 0.582. The number of nitrogens with one attached hydrogen (secondary N) is 1. The van der Waals surface area contributed by atoms with Crippen molar-refractivity contribution < 1.29 is 0 Å². The van der Waals surface area contributed by atoms with Gasteiger partial charge in [-0.05, 0) is 32.9 Å². The summed E-state index contributed by atoms with van der Waals surface area (Å²) in [5.41, 5.74) is 0. The maximum Gasteiger partial charge on any atom is 0.0990 e. The molecule has 3 heteroatoms. The molecular formula is C15H31N3. The van der Waals surface area contributed by atoms with E-state index in [2.05, 4.69) is 37.7 Å². The largest absolute Gasteiger partial charge is 0.359 e. The molecule has 0 heterocycles. The van der Waals surface area contributed by atoms with Gasteiger partial charge < -0.3 is 9.80 Å². The maximum atomic E-state index is 8.49. The van der Waals surface area contributed by atoms with Gasteiger partial charge in [-0.25, -0.2) is 0 Å². The van der Waals surface area contributed by atoms with E-state index < -0.39 is 0 Å². The van der Waals surface area contributed by atoms with Gasteiger partial charge in [-0.2, -0.15) is 0 Å². The SMILES string of the molecule is CC(C)CN(CCN(C)C)C(=N)C1CCCCC1. The molecule has 0 aliphatic heterocycles. The van der Waals surface area contributed by atoms with Gasteiger partial charge in [0, 0.05) is 25.6 Å². The topological polar surface area (TPSA) is 30.3 Å². The first-order valence-electron chi connectivity index (χ1n) is 7.48. The molecule has 0 unspecified atom stereocenters. The van der Waals surface area contributed by atoms with E-state index in [1.165, 1.54) is 32.1 Å². The number of nitrogens with zero attached hydrogens (tertiary/aromatic N) is 2. The molecule has 0 aromatic carbocycles. The van der Waals surface area contributed by atoms with Crippen LogP contribution in [0.1, 0.15) is 46.0 Å². The van der Waals surface area contributed by atoms with E-state index in [0.29, 0.717) is 11.8 Å². The molecule has 106 valence electrons. The van der Waals surface area contributed by atoms with E-state index in [0.717, 1.165) is 25.5 Å². The van der Waals surface area contributed by atoms with Crippen molar-refractivity contribution in [3.8, 4) is 0 Å². The second-order valence-corrected chi connectivity index (χ2v) is 6.36. The Morgan fingerprint density at radius 2 is 1.72 bits per heavy atom. The van der Waals surface area contributed by atoms with Crippen LogP contribution >= 0.6 is 0 Å². The Labute approximate surface area is 113 Å². The lowest BCUT2D eigenvalue weighted by molar-refractivity contribution is 0.285. The van der Waals surface area contributed by atoms with Gasteiger partial charge in [0.25, 0.3) is 0 Å². The van der Waals surface area contributed by atoms with Crippen LogP contribution in [0.3, 0.4) is 0 Å². The zero-order chi connectivity index (χ0) is 13.5. The highest BCUT2D eigenvalue weighted by Crippen LogP contribution is 2.25. The maximum absolute atomic E-state index is 8.49. The van der Waals surface area contributed by atoms with Crippen molar-refractivity contribution in [1.82, 2.24) is 9.80 Å². The van der Waals surface area contributed by atoms with Gasteiger partial charge in [0.1, 0.15) is 0 Å². The Morgan fingerprint density at radius 1 is 1.11 bits per heavy atom. The highest BCUT2D eigenvalue weighted by atomic mass is 15.2. The lowest BCUT2D eigenvalue weighted by Crippen LogP contribution is -2.42. The molecule has 1 saturated carbocycles. The standard InChI is InChI=1S/C15H31N3/c1-13(2)12-18(11-10-17(3)4)15(16)14-8-6-5-7-9-14/h13-14,16H,5-12H2,1-4H3. The molecule has 0 aromatic heterocycles. The lowest BCUT2D eigenvalue weighted by Gasteiger charge is -2.34. The second-order valence-electron chi connectivity index (χ2n) is 6.36. The van der Waals surface area contributed by atoms with Crippen LogP contribution < -0.4 is 0 Å². The third-order valence-electron chi connectivity index (χ3n) is 3.74. The molecule has 0 radical (unpaired) electrons. The summed E-state index contributed by atoms with van der Waals surface area (Å²) in [6.45, 7) is 7.57. The van der Waals surface area contributed by atoms with Gasteiger partial charge in [0.15, 0.2) is 0 Å². The number of likely N-dealkylation sites (N-methyl/N-ethyl adjacent to an activating group) is 1. The van der Waals surface area contributed by atoms with Crippen LogP contribution in [0.25, 0.3) is 0 Å². The number of rotatable bonds is 6. The molecule has 0 amide bonds. The first-order chi connectivity index (χ1) is 8.50. The molecule has 3 nitrogen and oxygen atoms in total. The summed E-state index contributed by atoms with van der Waals surface area (Å²) < 4.78 is 0. The minimum Gasteiger partial charge on any atom is -0.359 e. The first-order valence-corrected chi connectivity index (χ1v) is 7.48. The molecule has 1 aliphatic rings. The van der Waals surface area contributed by atoms with Crippen molar-refractivity contribution in [1.29, 1.82) is 5.41 Å². The first kappa shape index (κ1) is 15.5. The molecule has 18 heavy (non-hydrogen) atoms. The highest BCUT2D eigenvalue weighted by molar-refractivity contribution is 5.81. The van der Waals surface area contributed by atoms with E-state index in [1.54, 1.807) is 0 Å². The van der Waals surface area contributed by atoms with Crippen molar-refractivity contribution in [2.24, 2.45) is 11.8 Å². The van der Waals surface area contributed by atoms with E-state index >= 15 is 0 Å². The predicted molar refractivity (Wildman–Crippen MR) is 79.3 cm³/mol. The van der Waals surface area contributed by atoms with Crippen LogP contribution in [0, 0.1) is 17.2 Å². The second kappa shape index (κ2) is 7.78. The summed E-state index contributed by atoms with van der Waals surface area (Å²) in [5.74, 6) is 2.07. The van der Waals surface area contributed by atoms with Gasteiger partial charge in [0.05, 0.1) is 5.84 Å². The van der Waals surface area contributed by atoms with E-state index in [9.17, 15) is 0 Å². The Hall–Kier alpha value is -0.570. The normalized spacial score (nSPS) is 17.4. The molecule has 1 rings (SSSR count). The summed E-state index contributed by atoms with van der Waals surface area (Å²) >= 11 is 0. The third kappa shape index (κ3) is 5.38. The van der Waals surface area contributed by atoms with Crippen molar-refractivity contribution >= 4 is 5.84 Å². The van der Waals surface area contributed by atoms with Crippen molar-refractivity contribution in [2.75, 3.05) is 33.7 Å². The monoisotopic (exact) mass is 253 g/mol. The van der Waals surface area contributed by atoms with Crippen molar-refractivity contribution in [2.45, 2.75) is 46.0 Å². The summed E-state index contributed by atoms with van der Waals surface area (Å²) in [4.78, 5) is 4.53. The van der Waals surface area contributed by atoms with Gasteiger partial charge >= 0.3 is 0 Å². The van der Waals surface area contributed by atoms with Crippen LogP contribution in [0.15, 0.2) is 0 Å². The van der Waals surface area contributed by atoms with Crippen molar-refractivity contribution in [3.05, 3.63) is 0 Å². The molecule has 0 spiro atoms. The number of hydrogen-bond donors (Lipinski definition) is 1. The molecular weight excluding hydrogens is 222 g/mol. The van der Waals surface area contributed by atoms with Crippen LogP contribution in [0.5, 0.6) is 0 Å². The molecule has 0 saturated heterocycles. The Kier molecular flexibility index (Phi) is 6.69. The Morgan fingerprint density at radius 3 is 2.22 bits per heavy atom. The molecule has 0 bridgehead atoms. The number of amidine groups is 1. The Bertz CT molecular complexity index is 242. The van der Waals surface area contributed by atoms with Gasteiger partial charge in [-0.1, -0.05) is 33.1 Å². The fourth-order valence-corrected chi connectivity index (χ4v) is 2.71. The van der Waals surface area contributed by atoms with Crippen LogP contribution in [-0.2, 0) is 0 Å². The predicted octanol–water partition coefficient (Wildman–Crippen LogP) is 3.06. The fraction of sp³-hybridized carbons (Fsp3) is 0.933. The summed E-state index contributed by atoms with van der Waals surface area (Å²) in [6, 6.07) is 0. The molecule has 0 aromatic rings. The smallest absolute Gasteiger partial charge is 0.0990 e. The summed E-state index contributed by atoms with van der Waals surface area (Å²) in [7, 11) is 4.22. The Balaban J connectivity index is 2.53.